The molecule has 1 aromatic heterocycles. The zero-order chi connectivity index (χ0) is 13.3. The van der Waals surface area contributed by atoms with Crippen LogP contribution in [0.3, 0.4) is 0 Å². The smallest absolute Gasteiger partial charge is 0.126 e. The van der Waals surface area contributed by atoms with Crippen LogP contribution < -0.4 is 5.73 Å². The van der Waals surface area contributed by atoms with E-state index in [1.54, 1.807) is 6.92 Å². The molecule has 0 saturated heterocycles. The summed E-state index contributed by atoms with van der Waals surface area (Å²) in [6.45, 7) is 3.65. The average Bonchev–Trinajstić information content (AvgIpc) is 2.61. The Bertz CT molecular complexity index is 544. The van der Waals surface area contributed by atoms with Gasteiger partial charge in [0.25, 0.3) is 0 Å². The third-order valence-electron chi connectivity index (χ3n) is 2.74. The molecule has 0 radical (unpaired) electrons. The van der Waals surface area contributed by atoms with Crippen molar-refractivity contribution < 1.29 is 8.78 Å². The molecule has 0 spiro atoms. The summed E-state index contributed by atoms with van der Waals surface area (Å²) >= 11 is 1.53. The SMILES string of the molecule is Cc1nc(CC(C)(N)c2cc(F)cc(F)c2)cs1. The van der Waals surface area contributed by atoms with E-state index in [-0.39, 0.29) is 0 Å². The maximum atomic E-state index is 13.2. The van der Waals surface area contributed by atoms with Gasteiger partial charge in [-0.15, -0.1) is 11.3 Å². The van der Waals surface area contributed by atoms with Gasteiger partial charge in [-0.3, -0.25) is 0 Å². The summed E-state index contributed by atoms with van der Waals surface area (Å²) in [6, 6.07) is 3.37. The molecule has 5 heteroatoms. The molecule has 1 heterocycles. The van der Waals surface area contributed by atoms with E-state index in [1.807, 2.05) is 12.3 Å². The predicted molar refractivity (Wildman–Crippen MR) is 68.5 cm³/mol. The highest BCUT2D eigenvalue weighted by Crippen LogP contribution is 2.25. The van der Waals surface area contributed by atoms with E-state index in [1.165, 1.54) is 23.5 Å². The minimum Gasteiger partial charge on any atom is -0.321 e. The zero-order valence-corrected chi connectivity index (χ0v) is 11.0. The minimum absolute atomic E-state index is 0.436. The Balaban J connectivity index is 2.29. The van der Waals surface area contributed by atoms with Gasteiger partial charge < -0.3 is 5.73 Å². The molecule has 2 aromatic rings. The second kappa shape index (κ2) is 4.74. The first-order chi connectivity index (χ1) is 8.37. The van der Waals surface area contributed by atoms with E-state index in [4.69, 9.17) is 5.73 Å². The molecule has 0 saturated carbocycles. The van der Waals surface area contributed by atoms with Crippen LogP contribution in [0.5, 0.6) is 0 Å². The summed E-state index contributed by atoms with van der Waals surface area (Å²) in [5, 5.41) is 2.86. The van der Waals surface area contributed by atoms with E-state index in [0.717, 1.165) is 16.8 Å². The number of aromatic nitrogens is 1. The fraction of sp³-hybridized carbons (Fsp3) is 0.308. The lowest BCUT2D eigenvalue weighted by molar-refractivity contribution is 0.474. The number of hydrogen-bond acceptors (Lipinski definition) is 3. The summed E-state index contributed by atoms with van der Waals surface area (Å²) in [6.07, 6.45) is 0.445. The van der Waals surface area contributed by atoms with E-state index in [2.05, 4.69) is 4.98 Å². The van der Waals surface area contributed by atoms with E-state index in [0.29, 0.717) is 12.0 Å². The molecule has 0 aliphatic rings. The minimum atomic E-state index is -0.844. The second-order valence-electron chi connectivity index (χ2n) is 4.61. The fourth-order valence-corrected chi connectivity index (χ4v) is 2.46. The Hall–Kier alpha value is -1.33. The van der Waals surface area contributed by atoms with Crippen molar-refractivity contribution in [2.75, 3.05) is 0 Å². The van der Waals surface area contributed by atoms with Crippen molar-refractivity contribution in [3.05, 3.63) is 51.5 Å². The van der Waals surface area contributed by atoms with Crippen molar-refractivity contribution in [3.8, 4) is 0 Å². The summed E-state index contributed by atoms with van der Waals surface area (Å²) in [4.78, 5) is 4.32. The highest BCUT2D eigenvalue weighted by atomic mass is 32.1. The third kappa shape index (κ3) is 2.91. The topological polar surface area (TPSA) is 38.9 Å². The van der Waals surface area contributed by atoms with Gasteiger partial charge >= 0.3 is 0 Å². The van der Waals surface area contributed by atoms with Gasteiger partial charge in [0.1, 0.15) is 11.6 Å². The van der Waals surface area contributed by atoms with Crippen molar-refractivity contribution in [1.29, 1.82) is 0 Å². The van der Waals surface area contributed by atoms with Crippen LogP contribution in [-0.2, 0) is 12.0 Å². The van der Waals surface area contributed by atoms with Crippen LogP contribution in [-0.4, -0.2) is 4.98 Å². The number of thiazole rings is 1. The number of halogens is 2. The van der Waals surface area contributed by atoms with Crippen LogP contribution >= 0.6 is 11.3 Å². The summed E-state index contributed by atoms with van der Waals surface area (Å²) in [5.74, 6) is -1.23. The van der Waals surface area contributed by atoms with E-state index in [9.17, 15) is 8.78 Å². The van der Waals surface area contributed by atoms with Gasteiger partial charge in [-0.05, 0) is 31.5 Å². The van der Waals surface area contributed by atoms with Crippen molar-refractivity contribution in [2.45, 2.75) is 25.8 Å². The molecule has 2 rings (SSSR count). The van der Waals surface area contributed by atoms with Gasteiger partial charge in [-0.2, -0.15) is 0 Å². The maximum Gasteiger partial charge on any atom is 0.126 e. The maximum absolute atomic E-state index is 13.2. The molecule has 1 atom stereocenters. The first kappa shape index (κ1) is 13.1. The molecule has 0 aliphatic heterocycles. The first-order valence-corrected chi connectivity index (χ1v) is 6.41. The highest BCUT2D eigenvalue weighted by molar-refractivity contribution is 7.09. The Morgan fingerprint density at radius 1 is 1.28 bits per heavy atom. The highest BCUT2D eigenvalue weighted by Gasteiger charge is 2.24. The molecule has 1 unspecified atom stereocenters. The van der Waals surface area contributed by atoms with E-state index < -0.39 is 17.2 Å². The van der Waals surface area contributed by atoms with Crippen LogP contribution in [0.4, 0.5) is 8.78 Å². The summed E-state index contributed by atoms with van der Waals surface area (Å²) in [7, 11) is 0. The number of aryl methyl sites for hydroxylation is 1. The molecule has 2 nitrogen and oxygen atoms in total. The van der Waals surface area contributed by atoms with Crippen LogP contribution in [0.25, 0.3) is 0 Å². The average molecular weight is 268 g/mol. The molecule has 96 valence electrons. The van der Waals surface area contributed by atoms with Gasteiger partial charge in [0, 0.05) is 23.4 Å². The zero-order valence-electron chi connectivity index (χ0n) is 10.2. The summed E-state index contributed by atoms with van der Waals surface area (Å²) < 4.78 is 26.4. The van der Waals surface area contributed by atoms with Gasteiger partial charge in [0.05, 0.1) is 10.7 Å². The number of nitrogens with zero attached hydrogens (tertiary/aromatic N) is 1. The molecule has 0 fully saturated rings. The van der Waals surface area contributed by atoms with Gasteiger partial charge in [-0.25, -0.2) is 13.8 Å². The van der Waals surface area contributed by atoms with Crippen LogP contribution in [0.1, 0.15) is 23.2 Å². The van der Waals surface area contributed by atoms with Crippen LogP contribution in [0.2, 0.25) is 0 Å². The molecular formula is C13H14F2N2S. The van der Waals surface area contributed by atoms with Gasteiger partial charge in [0.15, 0.2) is 0 Å². The van der Waals surface area contributed by atoms with Crippen LogP contribution in [0, 0.1) is 18.6 Å². The first-order valence-electron chi connectivity index (χ1n) is 5.53. The molecule has 0 amide bonds. The van der Waals surface area contributed by atoms with Gasteiger partial charge in [0.2, 0.25) is 0 Å². The lowest BCUT2D eigenvalue weighted by Gasteiger charge is -2.24. The molecule has 1 aromatic carbocycles. The lowest BCUT2D eigenvalue weighted by atomic mass is 9.88. The molecule has 0 bridgehead atoms. The quantitative estimate of drug-likeness (QED) is 0.928. The number of hydrogen-bond donors (Lipinski definition) is 1. The largest absolute Gasteiger partial charge is 0.321 e. The van der Waals surface area contributed by atoms with Crippen molar-refractivity contribution in [2.24, 2.45) is 5.73 Å². The molecule has 18 heavy (non-hydrogen) atoms. The third-order valence-corrected chi connectivity index (χ3v) is 3.56. The fourth-order valence-electron chi connectivity index (χ4n) is 1.85. The van der Waals surface area contributed by atoms with Crippen molar-refractivity contribution in [1.82, 2.24) is 4.98 Å². The van der Waals surface area contributed by atoms with Crippen molar-refractivity contribution >= 4 is 11.3 Å². The predicted octanol–water partition coefficient (Wildman–Crippen LogP) is 3.15. The monoisotopic (exact) mass is 268 g/mol. The summed E-state index contributed by atoms with van der Waals surface area (Å²) in [5.41, 5.74) is 6.58. The Labute approximate surface area is 108 Å². The standard InChI is InChI=1S/C13H14F2N2S/c1-8-17-12(7-18-8)6-13(2,16)9-3-10(14)5-11(15)4-9/h3-5,7H,6,16H2,1-2H3. The van der Waals surface area contributed by atoms with Crippen LogP contribution in [0.15, 0.2) is 23.6 Å². The Kier molecular flexibility index (Phi) is 3.45. The Morgan fingerprint density at radius 2 is 1.89 bits per heavy atom. The molecule has 0 aliphatic carbocycles. The molecular weight excluding hydrogens is 254 g/mol. The number of nitrogens with two attached hydrogens (primary N) is 1. The number of benzene rings is 1. The molecule has 2 N–H and O–H groups in total. The normalized spacial score (nSPS) is 14.5. The number of rotatable bonds is 3. The van der Waals surface area contributed by atoms with Crippen molar-refractivity contribution in [3.63, 3.8) is 0 Å². The van der Waals surface area contributed by atoms with E-state index >= 15 is 0 Å². The lowest BCUT2D eigenvalue weighted by Crippen LogP contribution is -2.35. The Morgan fingerprint density at radius 3 is 2.39 bits per heavy atom. The second-order valence-corrected chi connectivity index (χ2v) is 5.67. The van der Waals surface area contributed by atoms with Gasteiger partial charge in [-0.1, -0.05) is 0 Å².